The van der Waals surface area contributed by atoms with Crippen molar-refractivity contribution in [2.75, 3.05) is 6.54 Å². The number of carbonyl (C=O) groups excluding carboxylic acids is 1. The average molecular weight is 284 g/mol. The molecule has 21 heavy (non-hydrogen) atoms. The summed E-state index contributed by atoms with van der Waals surface area (Å²) in [6.07, 6.45) is 2.00. The summed E-state index contributed by atoms with van der Waals surface area (Å²) >= 11 is 0. The van der Waals surface area contributed by atoms with Gasteiger partial charge in [0.05, 0.1) is 31.7 Å². The minimum Gasteiger partial charge on any atom is -0.508 e. The van der Waals surface area contributed by atoms with Crippen molar-refractivity contribution in [2.24, 2.45) is 0 Å². The van der Waals surface area contributed by atoms with Gasteiger partial charge in [-0.2, -0.15) is 5.26 Å². The number of aromatic hydroxyl groups is 1. The minimum atomic E-state index is -0.104. The number of nitriles is 1. The molecule has 0 saturated heterocycles. The Hall–Kier alpha value is -2.74. The number of hydrogen-bond donors (Lipinski definition) is 1. The van der Waals surface area contributed by atoms with Crippen LogP contribution >= 0.6 is 0 Å². The first-order chi connectivity index (χ1) is 10.2. The van der Waals surface area contributed by atoms with Crippen LogP contribution in [0.2, 0.25) is 0 Å². The van der Waals surface area contributed by atoms with Crippen LogP contribution in [-0.4, -0.2) is 22.5 Å². The van der Waals surface area contributed by atoms with Crippen LogP contribution in [0.3, 0.4) is 0 Å². The summed E-state index contributed by atoms with van der Waals surface area (Å²) in [4.78, 5) is 13.9. The number of hydrogen-bond acceptors (Lipinski definition) is 4. The van der Waals surface area contributed by atoms with Crippen LogP contribution in [-0.2, 0) is 17.8 Å². The molecule has 0 aliphatic carbocycles. The monoisotopic (exact) mass is 284 g/mol. The predicted octanol–water partition coefficient (Wildman–Crippen LogP) is 2.47. The van der Waals surface area contributed by atoms with Crippen molar-refractivity contribution in [3.8, 4) is 11.8 Å². The van der Waals surface area contributed by atoms with Crippen molar-refractivity contribution in [3.05, 3.63) is 54.0 Å². The van der Waals surface area contributed by atoms with E-state index in [1.165, 1.54) is 0 Å². The van der Waals surface area contributed by atoms with Gasteiger partial charge in [0.15, 0.2) is 0 Å². The molecule has 0 radical (unpaired) electrons. The number of rotatable bonds is 6. The van der Waals surface area contributed by atoms with E-state index in [1.807, 2.05) is 6.07 Å². The lowest BCUT2D eigenvalue weighted by Gasteiger charge is -2.20. The van der Waals surface area contributed by atoms with E-state index >= 15 is 0 Å². The third-order valence-corrected chi connectivity index (χ3v) is 3.04. The zero-order chi connectivity index (χ0) is 15.1. The fraction of sp³-hybridized carbons (Fsp3) is 0.250. The topological polar surface area (TPSA) is 77.5 Å². The average Bonchev–Trinajstić information content (AvgIpc) is 2.96. The predicted molar refractivity (Wildman–Crippen MR) is 76.2 cm³/mol. The number of amides is 1. The maximum absolute atomic E-state index is 12.3. The number of phenolic OH excluding ortho intramolecular Hbond substituents is 1. The van der Waals surface area contributed by atoms with E-state index in [9.17, 15) is 9.90 Å². The normalized spacial score (nSPS) is 10.0. The molecule has 1 heterocycles. The van der Waals surface area contributed by atoms with Crippen molar-refractivity contribution < 1.29 is 14.3 Å². The van der Waals surface area contributed by atoms with Gasteiger partial charge in [0, 0.05) is 6.54 Å². The zero-order valence-electron chi connectivity index (χ0n) is 11.5. The van der Waals surface area contributed by atoms with Gasteiger partial charge in [-0.1, -0.05) is 12.1 Å². The van der Waals surface area contributed by atoms with E-state index in [-0.39, 0.29) is 24.5 Å². The standard InChI is InChI=1S/C16H16N2O3/c17-7-3-8-18(12-15-6-2-9-21-15)16(20)11-13-4-1-5-14(19)10-13/h1-2,4-6,9-10,19H,3,8,11-12H2. The summed E-state index contributed by atoms with van der Waals surface area (Å²) in [7, 11) is 0. The van der Waals surface area contributed by atoms with Crippen LogP contribution in [0.5, 0.6) is 5.75 Å². The fourth-order valence-electron chi connectivity index (χ4n) is 2.02. The second kappa shape index (κ2) is 7.15. The lowest BCUT2D eigenvalue weighted by Crippen LogP contribution is -2.32. The minimum absolute atomic E-state index is 0.104. The number of phenols is 1. The Morgan fingerprint density at radius 1 is 1.33 bits per heavy atom. The van der Waals surface area contributed by atoms with E-state index in [0.717, 1.165) is 5.56 Å². The first kappa shape index (κ1) is 14.7. The molecule has 1 amide bonds. The second-order valence-electron chi connectivity index (χ2n) is 4.65. The molecule has 108 valence electrons. The maximum Gasteiger partial charge on any atom is 0.227 e. The lowest BCUT2D eigenvalue weighted by molar-refractivity contribution is -0.131. The van der Waals surface area contributed by atoms with Crippen molar-refractivity contribution in [3.63, 3.8) is 0 Å². The second-order valence-corrected chi connectivity index (χ2v) is 4.65. The summed E-state index contributed by atoms with van der Waals surface area (Å²) in [6, 6.07) is 12.2. The zero-order valence-corrected chi connectivity index (χ0v) is 11.5. The van der Waals surface area contributed by atoms with Crippen molar-refractivity contribution in [1.82, 2.24) is 4.90 Å². The Labute approximate surface area is 123 Å². The van der Waals surface area contributed by atoms with E-state index in [2.05, 4.69) is 0 Å². The summed E-state index contributed by atoms with van der Waals surface area (Å²) in [5.41, 5.74) is 0.737. The molecule has 0 bridgehead atoms. The van der Waals surface area contributed by atoms with Crippen LogP contribution in [0.25, 0.3) is 0 Å². The molecule has 1 N–H and O–H groups in total. The largest absolute Gasteiger partial charge is 0.508 e. The molecule has 2 rings (SSSR count). The Balaban J connectivity index is 2.04. The Bertz CT molecular complexity index is 629. The highest BCUT2D eigenvalue weighted by molar-refractivity contribution is 5.78. The molecule has 5 nitrogen and oxygen atoms in total. The third-order valence-electron chi connectivity index (χ3n) is 3.04. The van der Waals surface area contributed by atoms with Crippen LogP contribution in [0.15, 0.2) is 47.1 Å². The number of nitrogens with zero attached hydrogens (tertiary/aromatic N) is 2. The molecular formula is C16H16N2O3. The van der Waals surface area contributed by atoms with E-state index in [0.29, 0.717) is 18.8 Å². The number of benzene rings is 1. The van der Waals surface area contributed by atoms with Gasteiger partial charge < -0.3 is 14.4 Å². The molecule has 0 spiro atoms. The molecule has 2 aromatic rings. The Morgan fingerprint density at radius 3 is 2.86 bits per heavy atom. The number of carbonyl (C=O) groups is 1. The highest BCUT2D eigenvalue weighted by Crippen LogP contribution is 2.14. The van der Waals surface area contributed by atoms with E-state index in [4.69, 9.17) is 9.68 Å². The third kappa shape index (κ3) is 4.39. The van der Waals surface area contributed by atoms with Crippen LogP contribution in [0, 0.1) is 11.3 Å². The van der Waals surface area contributed by atoms with Gasteiger partial charge in [0.1, 0.15) is 11.5 Å². The van der Waals surface area contributed by atoms with Crippen LogP contribution in [0.4, 0.5) is 0 Å². The van der Waals surface area contributed by atoms with Gasteiger partial charge in [0.2, 0.25) is 5.91 Å². The summed E-state index contributed by atoms with van der Waals surface area (Å²) in [5, 5.41) is 18.1. The molecule has 0 atom stereocenters. The van der Waals surface area contributed by atoms with Gasteiger partial charge in [-0.25, -0.2) is 0 Å². The smallest absolute Gasteiger partial charge is 0.227 e. The Kier molecular flexibility index (Phi) is 4.99. The highest BCUT2D eigenvalue weighted by Gasteiger charge is 2.15. The van der Waals surface area contributed by atoms with E-state index < -0.39 is 0 Å². The van der Waals surface area contributed by atoms with Gasteiger partial charge in [-0.05, 0) is 29.8 Å². The molecule has 1 aromatic heterocycles. The molecule has 1 aromatic carbocycles. The molecule has 0 fully saturated rings. The molecule has 0 unspecified atom stereocenters. The summed E-state index contributed by atoms with van der Waals surface area (Å²) in [5.74, 6) is 0.708. The quantitative estimate of drug-likeness (QED) is 0.884. The van der Waals surface area contributed by atoms with Crippen LogP contribution < -0.4 is 0 Å². The lowest BCUT2D eigenvalue weighted by atomic mass is 10.1. The first-order valence-electron chi connectivity index (χ1n) is 6.64. The molecule has 5 heteroatoms. The van der Waals surface area contributed by atoms with Gasteiger partial charge in [-0.3, -0.25) is 4.79 Å². The first-order valence-corrected chi connectivity index (χ1v) is 6.64. The van der Waals surface area contributed by atoms with E-state index in [1.54, 1.807) is 47.6 Å². The summed E-state index contributed by atoms with van der Waals surface area (Å²) < 4.78 is 5.25. The molecule has 0 aliphatic rings. The fourth-order valence-corrected chi connectivity index (χ4v) is 2.02. The highest BCUT2D eigenvalue weighted by atomic mass is 16.3. The molecule has 0 aliphatic heterocycles. The molecule has 0 saturated carbocycles. The van der Waals surface area contributed by atoms with Gasteiger partial charge in [-0.15, -0.1) is 0 Å². The molecular weight excluding hydrogens is 268 g/mol. The van der Waals surface area contributed by atoms with Crippen molar-refractivity contribution >= 4 is 5.91 Å². The van der Waals surface area contributed by atoms with Crippen molar-refractivity contribution in [1.29, 1.82) is 5.26 Å². The van der Waals surface area contributed by atoms with Gasteiger partial charge >= 0.3 is 0 Å². The van der Waals surface area contributed by atoms with Crippen LogP contribution in [0.1, 0.15) is 17.7 Å². The summed E-state index contributed by atoms with van der Waals surface area (Å²) in [6.45, 7) is 0.696. The van der Waals surface area contributed by atoms with Crippen molar-refractivity contribution in [2.45, 2.75) is 19.4 Å². The Morgan fingerprint density at radius 2 is 2.19 bits per heavy atom. The SMILES string of the molecule is N#CCCN(Cc1ccco1)C(=O)Cc1cccc(O)c1. The maximum atomic E-state index is 12.3. The number of furan rings is 1. The van der Waals surface area contributed by atoms with Gasteiger partial charge in [0.25, 0.3) is 0 Å².